The number of hydrogen-bond acceptors (Lipinski definition) is 3. The van der Waals surface area contributed by atoms with E-state index in [4.69, 9.17) is 4.74 Å². The summed E-state index contributed by atoms with van der Waals surface area (Å²) in [5.74, 6) is 0.891. The Hall–Kier alpha value is -2.76. The molecule has 1 aromatic carbocycles. The van der Waals surface area contributed by atoms with Crippen molar-refractivity contribution in [2.45, 2.75) is 26.7 Å². The molecule has 2 aromatic rings. The van der Waals surface area contributed by atoms with Crippen LogP contribution in [-0.2, 0) is 4.79 Å². The van der Waals surface area contributed by atoms with Crippen LogP contribution in [0, 0.1) is 13.8 Å². The van der Waals surface area contributed by atoms with E-state index < -0.39 is 0 Å². The first-order valence-electron chi connectivity index (χ1n) is 9.45. The minimum absolute atomic E-state index is 0.0403. The van der Waals surface area contributed by atoms with Gasteiger partial charge in [-0.25, -0.2) is 0 Å². The van der Waals surface area contributed by atoms with Gasteiger partial charge in [0.05, 0.1) is 18.6 Å². The maximum atomic E-state index is 12.8. The summed E-state index contributed by atoms with van der Waals surface area (Å²) in [5, 5.41) is 0. The van der Waals surface area contributed by atoms with E-state index in [1.54, 1.807) is 0 Å². The van der Waals surface area contributed by atoms with Gasteiger partial charge in [0.2, 0.25) is 5.91 Å². The van der Waals surface area contributed by atoms with Crippen LogP contribution >= 0.6 is 0 Å². The first-order chi connectivity index (χ1) is 13.0. The van der Waals surface area contributed by atoms with E-state index in [1.807, 2.05) is 60.0 Å². The fraction of sp³-hybridized carbons (Fsp3) is 0.429. The first kappa shape index (κ1) is 19.0. The van der Waals surface area contributed by atoms with E-state index in [0.717, 1.165) is 29.1 Å². The van der Waals surface area contributed by atoms with Crippen molar-refractivity contribution >= 4 is 11.8 Å². The van der Waals surface area contributed by atoms with Crippen molar-refractivity contribution in [1.82, 2.24) is 14.8 Å². The first-order valence-corrected chi connectivity index (χ1v) is 9.45. The summed E-state index contributed by atoms with van der Waals surface area (Å²) in [6.07, 6.45) is 1.14. The predicted octanol–water partition coefficient (Wildman–Crippen LogP) is 2.78. The number of para-hydroxylation sites is 1. The monoisotopic (exact) mass is 369 g/mol. The molecule has 144 valence electrons. The Balaban J connectivity index is 1.49. The number of ether oxygens (including phenoxy) is 1. The molecule has 2 heterocycles. The smallest absolute Gasteiger partial charge is 0.255 e. The molecule has 0 unspecified atom stereocenters. The molecule has 1 fully saturated rings. The molecule has 0 atom stereocenters. The second kappa shape index (κ2) is 8.75. The molecule has 1 N–H and O–H groups in total. The van der Waals surface area contributed by atoms with Crippen molar-refractivity contribution in [2.75, 3.05) is 32.8 Å². The summed E-state index contributed by atoms with van der Waals surface area (Å²) in [6, 6.07) is 11.4. The van der Waals surface area contributed by atoms with Crippen LogP contribution in [0.3, 0.4) is 0 Å². The van der Waals surface area contributed by atoms with Crippen LogP contribution in [-0.4, -0.2) is 59.4 Å². The topological polar surface area (TPSA) is 65.6 Å². The van der Waals surface area contributed by atoms with Crippen LogP contribution in [0.15, 0.2) is 36.4 Å². The van der Waals surface area contributed by atoms with Gasteiger partial charge in [-0.2, -0.15) is 0 Å². The third-order valence-electron chi connectivity index (χ3n) is 4.84. The lowest BCUT2D eigenvalue weighted by atomic mass is 10.2. The number of H-pyrrole nitrogens is 1. The Morgan fingerprint density at radius 1 is 1.04 bits per heavy atom. The van der Waals surface area contributed by atoms with Gasteiger partial charge >= 0.3 is 0 Å². The Morgan fingerprint density at radius 3 is 2.44 bits per heavy atom. The zero-order valence-electron chi connectivity index (χ0n) is 16.0. The number of nitrogens with one attached hydrogen (secondary N) is 1. The number of amides is 2. The van der Waals surface area contributed by atoms with E-state index >= 15 is 0 Å². The average molecular weight is 369 g/mol. The number of carbonyl (C=O) groups excluding carboxylic acids is 2. The predicted molar refractivity (Wildman–Crippen MR) is 104 cm³/mol. The molecule has 1 saturated heterocycles. The van der Waals surface area contributed by atoms with Gasteiger partial charge in [-0.1, -0.05) is 18.2 Å². The molecule has 1 aliphatic rings. The normalized spacial score (nSPS) is 14.7. The molecule has 27 heavy (non-hydrogen) atoms. The highest BCUT2D eigenvalue weighted by atomic mass is 16.5. The molecule has 3 rings (SSSR count). The highest BCUT2D eigenvalue weighted by Gasteiger charge is 2.24. The second-order valence-electron chi connectivity index (χ2n) is 6.93. The maximum Gasteiger partial charge on any atom is 0.255 e. The lowest BCUT2D eigenvalue weighted by Gasteiger charge is -2.22. The van der Waals surface area contributed by atoms with Gasteiger partial charge in [0.25, 0.3) is 5.91 Å². The molecule has 1 aromatic heterocycles. The number of benzene rings is 1. The van der Waals surface area contributed by atoms with Gasteiger partial charge in [0, 0.05) is 37.6 Å². The van der Waals surface area contributed by atoms with Gasteiger partial charge in [-0.3, -0.25) is 9.59 Å². The maximum absolute atomic E-state index is 12.8. The number of rotatable bonds is 5. The number of aromatic amines is 1. The molecule has 6 nitrogen and oxygen atoms in total. The third kappa shape index (κ3) is 4.90. The molecule has 2 amide bonds. The summed E-state index contributed by atoms with van der Waals surface area (Å²) in [5.41, 5.74) is 2.61. The number of carbonyl (C=O) groups is 2. The van der Waals surface area contributed by atoms with E-state index in [2.05, 4.69) is 4.98 Å². The zero-order valence-corrected chi connectivity index (χ0v) is 16.0. The average Bonchev–Trinajstić information content (AvgIpc) is 2.86. The number of hydrogen-bond donors (Lipinski definition) is 1. The molecular weight excluding hydrogens is 342 g/mol. The molecule has 1 aliphatic heterocycles. The van der Waals surface area contributed by atoms with Crippen molar-refractivity contribution in [3.05, 3.63) is 53.3 Å². The number of aryl methyl sites for hydroxylation is 2. The lowest BCUT2D eigenvalue weighted by Crippen LogP contribution is -2.37. The minimum atomic E-state index is 0.0403. The highest BCUT2D eigenvalue weighted by molar-refractivity contribution is 5.95. The van der Waals surface area contributed by atoms with Crippen LogP contribution in [0.1, 0.15) is 34.6 Å². The van der Waals surface area contributed by atoms with Crippen molar-refractivity contribution in [3.8, 4) is 5.75 Å². The SMILES string of the molecule is Cc1cc(C(=O)N2CCCN(C(=O)CCOc3ccccc3)CC2)c(C)[nH]1. The van der Waals surface area contributed by atoms with E-state index in [-0.39, 0.29) is 11.8 Å². The van der Waals surface area contributed by atoms with Crippen LogP contribution < -0.4 is 4.74 Å². The molecule has 0 saturated carbocycles. The van der Waals surface area contributed by atoms with Crippen molar-refractivity contribution < 1.29 is 14.3 Å². The molecule has 0 spiro atoms. The van der Waals surface area contributed by atoms with Crippen LogP contribution in [0.5, 0.6) is 5.75 Å². The van der Waals surface area contributed by atoms with Gasteiger partial charge in [0.1, 0.15) is 5.75 Å². The Kier molecular flexibility index (Phi) is 6.16. The summed E-state index contributed by atoms with van der Waals surface area (Å²) in [6.45, 7) is 6.71. The molecular formula is C21H27N3O3. The fourth-order valence-corrected chi connectivity index (χ4v) is 3.42. The Bertz CT molecular complexity index is 785. The van der Waals surface area contributed by atoms with E-state index in [9.17, 15) is 9.59 Å². The summed E-state index contributed by atoms with van der Waals surface area (Å²) < 4.78 is 5.62. The quantitative estimate of drug-likeness (QED) is 0.881. The highest BCUT2D eigenvalue weighted by Crippen LogP contribution is 2.15. The summed E-state index contributed by atoms with van der Waals surface area (Å²) in [4.78, 5) is 32.1. The fourth-order valence-electron chi connectivity index (χ4n) is 3.42. The largest absolute Gasteiger partial charge is 0.493 e. The standard InChI is InChI=1S/C21H27N3O3/c1-16-15-19(17(2)22-16)21(26)24-11-6-10-23(12-13-24)20(25)9-14-27-18-7-4-3-5-8-18/h3-5,7-8,15,22H,6,9-14H2,1-2H3. The third-order valence-corrected chi connectivity index (χ3v) is 4.84. The summed E-state index contributed by atoms with van der Waals surface area (Å²) >= 11 is 0. The number of nitrogens with zero attached hydrogens (tertiary/aromatic N) is 2. The van der Waals surface area contributed by atoms with Gasteiger partial charge in [0.15, 0.2) is 0 Å². The van der Waals surface area contributed by atoms with Crippen molar-refractivity contribution in [1.29, 1.82) is 0 Å². The second-order valence-corrected chi connectivity index (χ2v) is 6.93. The lowest BCUT2D eigenvalue weighted by molar-refractivity contribution is -0.131. The Labute approximate surface area is 160 Å². The van der Waals surface area contributed by atoms with E-state index in [1.165, 1.54) is 0 Å². The van der Waals surface area contributed by atoms with Crippen LogP contribution in [0.2, 0.25) is 0 Å². The molecule has 0 radical (unpaired) electrons. The summed E-state index contributed by atoms with van der Waals surface area (Å²) in [7, 11) is 0. The van der Waals surface area contributed by atoms with Crippen molar-refractivity contribution in [3.63, 3.8) is 0 Å². The van der Waals surface area contributed by atoms with Crippen molar-refractivity contribution in [2.24, 2.45) is 0 Å². The minimum Gasteiger partial charge on any atom is -0.493 e. The van der Waals surface area contributed by atoms with Crippen LogP contribution in [0.4, 0.5) is 0 Å². The molecule has 0 aliphatic carbocycles. The van der Waals surface area contributed by atoms with Gasteiger partial charge in [-0.15, -0.1) is 0 Å². The molecule has 6 heteroatoms. The van der Waals surface area contributed by atoms with Gasteiger partial charge < -0.3 is 19.5 Å². The van der Waals surface area contributed by atoms with Gasteiger partial charge in [-0.05, 0) is 38.5 Å². The Morgan fingerprint density at radius 2 is 1.74 bits per heavy atom. The van der Waals surface area contributed by atoms with Crippen LogP contribution in [0.25, 0.3) is 0 Å². The number of aromatic nitrogens is 1. The van der Waals surface area contributed by atoms with E-state index in [0.29, 0.717) is 39.2 Å². The zero-order chi connectivity index (χ0) is 19.2. The molecule has 0 bridgehead atoms.